The van der Waals surface area contributed by atoms with E-state index in [-0.39, 0.29) is 0 Å². The Bertz CT molecular complexity index is 276. The lowest BCUT2D eigenvalue weighted by Crippen LogP contribution is -2.00. The van der Waals surface area contributed by atoms with E-state index in [2.05, 4.69) is 11.9 Å². The van der Waals surface area contributed by atoms with Gasteiger partial charge in [0.2, 0.25) is 0 Å². The Balaban J connectivity index is 2.79. The number of alkyl halides is 1. The van der Waals surface area contributed by atoms with Crippen molar-refractivity contribution in [1.82, 2.24) is 4.98 Å². The summed E-state index contributed by atoms with van der Waals surface area (Å²) in [5, 5.41) is 0. The van der Waals surface area contributed by atoms with Gasteiger partial charge in [0.1, 0.15) is 5.75 Å². The molecule has 0 radical (unpaired) electrons. The summed E-state index contributed by atoms with van der Waals surface area (Å²) in [4.78, 5) is 4.29. The van der Waals surface area contributed by atoms with Crippen LogP contribution in [0.4, 0.5) is 0 Å². The molecule has 2 nitrogen and oxygen atoms in total. The molecule has 3 heteroatoms. The Morgan fingerprint density at radius 3 is 2.85 bits per heavy atom. The molecule has 0 unspecified atom stereocenters. The molecule has 0 amide bonds. The second-order valence-corrected chi connectivity index (χ2v) is 3.15. The van der Waals surface area contributed by atoms with Gasteiger partial charge in [0, 0.05) is 5.69 Å². The average Bonchev–Trinajstić information content (AvgIpc) is 2.16. The first-order valence-electron chi connectivity index (χ1n) is 4.43. The van der Waals surface area contributed by atoms with Crippen LogP contribution in [0.5, 0.6) is 5.75 Å². The van der Waals surface area contributed by atoms with Crippen molar-refractivity contribution in [2.75, 3.05) is 6.61 Å². The van der Waals surface area contributed by atoms with Gasteiger partial charge in [0.15, 0.2) is 0 Å². The van der Waals surface area contributed by atoms with Gasteiger partial charge < -0.3 is 4.74 Å². The lowest BCUT2D eigenvalue weighted by molar-refractivity contribution is 0.313. The van der Waals surface area contributed by atoms with Gasteiger partial charge >= 0.3 is 0 Å². The zero-order chi connectivity index (χ0) is 9.68. The number of halogens is 1. The molecule has 0 saturated carbocycles. The van der Waals surface area contributed by atoms with Gasteiger partial charge in [-0.3, -0.25) is 4.98 Å². The molecule has 0 aromatic carbocycles. The van der Waals surface area contributed by atoms with Crippen LogP contribution < -0.4 is 4.74 Å². The van der Waals surface area contributed by atoms with Crippen molar-refractivity contribution in [2.24, 2.45) is 0 Å². The van der Waals surface area contributed by atoms with Crippen LogP contribution in [0.2, 0.25) is 0 Å². The van der Waals surface area contributed by atoms with Crippen molar-refractivity contribution in [1.29, 1.82) is 0 Å². The van der Waals surface area contributed by atoms with Gasteiger partial charge in [-0.05, 0) is 25.5 Å². The summed E-state index contributed by atoms with van der Waals surface area (Å²) in [6.07, 6.45) is 0.996. The number of hydrogen-bond acceptors (Lipinski definition) is 2. The van der Waals surface area contributed by atoms with Gasteiger partial charge in [0.25, 0.3) is 0 Å². The van der Waals surface area contributed by atoms with Crippen LogP contribution in [0.25, 0.3) is 0 Å². The Hall–Kier alpha value is -0.760. The monoisotopic (exact) mass is 199 g/mol. The molecule has 1 aromatic heterocycles. The van der Waals surface area contributed by atoms with Crippen molar-refractivity contribution in [3.05, 3.63) is 23.5 Å². The second kappa shape index (κ2) is 5.07. The third kappa shape index (κ3) is 2.88. The lowest BCUT2D eigenvalue weighted by atomic mass is 10.3. The van der Waals surface area contributed by atoms with E-state index in [0.29, 0.717) is 12.5 Å². The number of pyridine rings is 1. The predicted molar refractivity (Wildman–Crippen MR) is 54.3 cm³/mol. The first kappa shape index (κ1) is 10.3. The minimum absolute atomic E-state index is 0.403. The summed E-state index contributed by atoms with van der Waals surface area (Å²) in [5.74, 6) is 1.21. The maximum absolute atomic E-state index is 5.74. The molecular formula is C10H14ClNO. The number of aromatic nitrogens is 1. The number of ether oxygens (including phenoxy) is 1. The highest BCUT2D eigenvalue weighted by atomic mass is 35.5. The summed E-state index contributed by atoms with van der Waals surface area (Å²) in [6, 6.07) is 3.86. The predicted octanol–water partition coefficient (Wildman–Crippen LogP) is 2.92. The van der Waals surface area contributed by atoms with Crippen molar-refractivity contribution in [3.8, 4) is 5.75 Å². The fourth-order valence-corrected chi connectivity index (χ4v) is 1.23. The van der Waals surface area contributed by atoms with Crippen molar-refractivity contribution in [2.45, 2.75) is 26.1 Å². The molecule has 0 saturated heterocycles. The first-order chi connectivity index (χ1) is 6.27. The van der Waals surface area contributed by atoms with E-state index in [9.17, 15) is 0 Å². The maximum atomic E-state index is 5.74. The van der Waals surface area contributed by atoms with Gasteiger partial charge in [-0.25, -0.2) is 0 Å². The Kier molecular flexibility index (Phi) is 4.03. The molecule has 0 N–H and O–H groups in total. The number of aryl methyl sites for hydroxylation is 1. The molecule has 0 bridgehead atoms. The zero-order valence-corrected chi connectivity index (χ0v) is 8.77. The Morgan fingerprint density at radius 1 is 1.46 bits per heavy atom. The van der Waals surface area contributed by atoms with Gasteiger partial charge in [-0.15, -0.1) is 11.6 Å². The first-order valence-corrected chi connectivity index (χ1v) is 4.96. The van der Waals surface area contributed by atoms with Crippen LogP contribution in [0.3, 0.4) is 0 Å². The summed E-state index contributed by atoms with van der Waals surface area (Å²) in [7, 11) is 0. The Morgan fingerprint density at radius 2 is 2.23 bits per heavy atom. The van der Waals surface area contributed by atoms with Crippen molar-refractivity contribution >= 4 is 11.6 Å². The fraction of sp³-hybridized carbons (Fsp3) is 0.500. The molecule has 72 valence electrons. The van der Waals surface area contributed by atoms with Gasteiger partial charge in [0.05, 0.1) is 18.2 Å². The van der Waals surface area contributed by atoms with E-state index in [1.165, 1.54) is 0 Å². The Labute approximate surface area is 83.9 Å². The summed E-state index contributed by atoms with van der Waals surface area (Å²) >= 11 is 5.74. The summed E-state index contributed by atoms with van der Waals surface area (Å²) < 4.78 is 5.49. The van der Waals surface area contributed by atoms with E-state index < -0.39 is 0 Å². The van der Waals surface area contributed by atoms with Crippen molar-refractivity contribution < 1.29 is 4.74 Å². The van der Waals surface area contributed by atoms with Crippen LogP contribution in [-0.2, 0) is 5.88 Å². The molecule has 0 fully saturated rings. The molecule has 0 atom stereocenters. The molecule has 0 aliphatic rings. The largest absolute Gasteiger partial charge is 0.492 e. The summed E-state index contributed by atoms with van der Waals surface area (Å²) in [6.45, 7) is 4.73. The lowest BCUT2D eigenvalue weighted by Gasteiger charge is -2.08. The number of hydrogen-bond donors (Lipinski definition) is 0. The van der Waals surface area contributed by atoms with Crippen LogP contribution >= 0.6 is 11.6 Å². The third-order valence-corrected chi connectivity index (χ3v) is 1.91. The number of nitrogens with zero attached hydrogens (tertiary/aromatic N) is 1. The SMILES string of the molecule is CCCOc1ccc(C)nc1CCl. The topological polar surface area (TPSA) is 22.1 Å². The molecule has 1 heterocycles. The third-order valence-electron chi connectivity index (χ3n) is 1.66. The highest BCUT2D eigenvalue weighted by molar-refractivity contribution is 6.17. The van der Waals surface area contributed by atoms with Crippen molar-refractivity contribution in [3.63, 3.8) is 0 Å². The summed E-state index contributed by atoms with van der Waals surface area (Å²) in [5.41, 5.74) is 1.80. The standard InChI is InChI=1S/C10H14ClNO/c1-3-6-13-10-5-4-8(2)12-9(10)7-11/h4-5H,3,6-7H2,1-2H3. The second-order valence-electron chi connectivity index (χ2n) is 2.88. The van der Waals surface area contributed by atoms with E-state index >= 15 is 0 Å². The van der Waals surface area contributed by atoms with Crippen LogP contribution in [-0.4, -0.2) is 11.6 Å². The molecule has 0 aliphatic heterocycles. The number of rotatable bonds is 4. The minimum Gasteiger partial charge on any atom is -0.492 e. The molecule has 1 rings (SSSR count). The molecular weight excluding hydrogens is 186 g/mol. The smallest absolute Gasteiger partial charge is 0.142 e. The highest BCUT2D eigenvalue weighted by Gasteiger charge is 2.03. The van der Waals surface area contributed by atoms with E-state index in [0.717, 1.165) is 23.6 Å². The van der Waals surface area contributed by atoms with E-state index in [1.807, 2.05) is 19.1 Å². The van der Waals surface area contributed by atoms with Crippen LogP contribution in [0, 0.1) is 6.92 Å². The van der Waals surface area contributed by atoms with Crippen LogP contribution in [0.1, 0.15) is 24.7 Å². The van der Waals surface area contributed by atoms with E-state index in [4.69, 9.17) is 16.3 Å². The zero-order valence-electron chi connectivity index (χ0n) is 8.01. The van der Waals surface area contributed by atoms with Crippen LogP contribution in [0.15, 0.2) is 12.1 Å². The molecule has 13 heavy (non-hydrogen) atoms. The average molecular weight is 200 g/mol. The highest BCUT2D eigenvalue weighted by Crippen LogP contribution is 2.18. The molecule has 1 aromatic rings. The van der Waals surface area contributed by atoms with Gasteiger partial charge in [-0.1, -0.05) is 6.92 Å². The fourth-order valence-electron chi connectivity index (χ4n) is 1.04. The van der Waals surface area contributed by atoms with Gasteiger partial charge in [-0.2, -0.15) is 0 Å². The quantitative estimate of drug-likeness (QED) is 0.696. The molecule has 0 spiro atoms. The van der Waals surface area contributed by atoms with E-state index in [1.54, 1.807) is 0 Å². The molecule has 0 aliphatic carbocycles. The maximum Gasteiger partial charge on any atom is 0.142 e. The minimum atomic E-state index is 0.403. The normalized spacial score (nSPS) is 10.1.